The minimum atomic E-state index is 0.303. The normalized spacial score (nSPS) is 22.3. The van der Waals surface area contributed by atoms with Crippen LogP contribution in [0.5, 0.6) is 0 Å². The molecule has 0 spiro atoms. The Labute approximate surface area is 163 Å². The van der Waals surface area contributed by atoms with E-state index in [4.69, 9.17) is 0 Å². The molecule has 26 heavy (non-hydrogen) atoms. The molecule has 0 radical (unpaired) electrons. The van der Waals surface area contributed by atoms with E-state index in [9.17, 15) is 0 Å². The van der Waals surface area contributed by atoms with E-state index in [1.165, 1.54) is 35.1 Å². The molecule has 140 valence electrons. The number of hydrogen-bond acceptors (Lipinski definition) is 0. The monoisotopic (exact) mass is 366 g/mol. The summed E-state index contributed by atoms with van der Waals surface area (Å²) in [6.07, 6.45) is 8.32. The lowest BCUT2D eigenvalue weighted by Crippen LogP contribution is -2.44. The lowest BCUT2D eigenvalue weighted by Gasteiger charge is -2.51. The zero-order chi connectivity index (χ0) is 18.7. The Morgan fingerprint density at radius 3 is 1.58 bits per heavy atom. The SMILES string of the molecule is CCc1cc(CC)cc(C2CCC2(CP)c2cc(CC)cc(CC)c2)c1. The minimum Gasteiger partial charge on any atom is -0.137 e. The second-order valence-corrected chi connectivity index (χ2v) is 8.40. The third-order valence-electron chi connectivity index (χ3n) is 6.65. The highest BCUT2D eigenvalue weighted by Crippen LogP contribution is 2.56. The summed E-state index contributed by atoms with van der Waals surface area (Å²) in [5.74, 6) is 0.661. The molecule has 1 fully saturated rings. The van der Waals surface area contributed by atoms with Crippen LogP contribution in [0.3, 0.4) is 0 Å². The Morgan fingerprint density at radius 1 is 0.769 bits per heavy atom. The van der Waals surface area contributed by atoms with Gasteiger partial charge in [0.2, 0.25) is 0 Å². The first-order chi connectivity index (χ1) is 12.6. The van der Waals surface area contributed by atoms with Crippen LogP contribution in [-0.2, 0) is 31.1 Å². The van der Waals surface area contributed by atoms with Gasteiger partial charge in [-0.05, 0) is 84.0 Å². The van der Waals surface area contributed by atoms with Gasteiger partial charge >= 0.3 is 0 Å². The van der Waals surface area contributed by atoms with E-state index in [1.807, 2.05) is 0 Å². The van der Waals surface area contributed by atoms with Gasteiger partial charge in [0.05, 0.1) is 0 Å². The standard InChI is InChI=1S/C25H35P/c1-5-18-11-19(6-2)14-22(13-18)24-9-10-25(24,17-26)23-15-20(7-3)12-21(8-4)16-23/h11-16,24H,5-10,17,26H2,1-4H3. The zero-order valence-electron chi connectivity index (χ0n) is 17.1. The molecule has 0 saturated heterocycles. The molecule has 3 rings (SSSR count). The zero-order valence-corrected chi connectivity index (χ0v) is 18.2. The van der Waals surface area contributed by atoms with Crippen LogP contribution in [-0.4, -0.2) is 6.16 Å². The Morgan fingerprint density at radius 2 is 1.23 bits per heavy atom. The van der Waals surface area contributed by atoms with Crippen molar-refractivity contribution >= 4 is 9.24 Å². The molecule has 0 amide bonds. The van der Waals surface area contributed by atoms with Crippen molar-refractivity contribution in [3.8, 4) is 0 Å². The van der Waals surface area contributed by atoms with Crippen molar-refractivity contribution < 1.29 is 0 Å². The van der Waals surface area contributed by atoms with Gasteiger partial charge in [0.1, 0.15) is 0 Å². The molecule has 0 bridgehead atoms. The molecule has 3 unspecified atom stereocenters. The summed E-state index contributed by atoms with van der Waals surface area (Å²) in [4.78, 5) is 0. The van der Waals surface area contributed by atoms with E-state index >= 15 is 0 Å². The highest BCUT2D eigenvalue weighted by Gasteiger charge is 2.47. The Kier molecular flexibility index (Phi) is 6.24. The maximum absolute atomic E-state index is 3.08. The fourth-order valence-electron chi connectivity index (χ4n) is 4.69. The highest BCUT2D eigenvalue weighted by atomic mass is 31.0. The Balaban J connectivity index is 2.06. The van der Waals surface area contributed by atoms with Crippen molar-refractivity contribution in [2.45, 2.75) is 77.6 Å². The van der Waals surface area contributed by atoms with E-state index in [2.05, 4.69) is 73.3 Å². The van der Waals surface area contributed by atoms with E-state index in [0.29, 0.717) is 11.3 Å². The van der Waals surface area contributed by atoms with Crippen molar-refractivity contribution in [1.29, 1.82) is 0 Å². The lowest BCUT2D eigenvalue weighted by molar-refractivity contribution is 0.220. The van der Waals surface area contributed by atoms with E-state index < -0.39 is 0 Å². The quantitative estimate of drug-likeness (QED) is 0.483. The predicted molar refractivity (Wildman–Crippen MR) is 119 cm³/mol. The van der Waals surface area contributed by atoms with Gasteiger partial charge < -0.3 is 0 Å². The van der Waals surface area contributed by atoms with Crippen LogP contribution in [0.1, 0.15) is 79.8 Å². The van der Waals surface area contributed by atoms with Gasteiger partial charge in [-0.15, -0.1) is 9.24 Å². The summed E-state index contributed by atoms with van der Waals surface area (Å²) in [7, 11) is 3.08. The molecule has 2 aromatic carbocycles. The van der Waals surface area contributed by atoms with Crippen LogP contribution in [0.15, 0.2) is 36.4 Å². The van der Waals surface area contributed by atoms with Gasteiger partial charge in [-0.1, -0.05) is 64.1 Å². The molecule has 1 aliphatic rings. The molecule has 1 saturated carbocycles. The van der Waals surface area contributed by atoms with Crippen LogP contribution < -0.4 is 0 Å². The summed E-state index contributed by atoms with van der Waals surface area (Å²) in [6.45, 7) is 9.12. The second-order valence-electron chi connectivity index (χ2n) is 7.99. The predicted octanol–water partition coefficient (Wildman–Crippen LogP) is 6.63. The molecule has 0 aromatic heterocycles. The number of hydrogen-bond donors (Lipinski definition) is 0. The maximum Gasteiger partial charge on any atom is 0.00564 e. The van der Waals surface area contributed by atoms with Crippen molar-refractivity contribution in [3.63, 3.8) is 0 Å². The van der Waals surface area contributed by atoms with Gasteiger partial charge in [0.25, 0.3) is 0 Å². The molecule has 0 aliphatic heterocycles. The topological polar surface area (TPSA) is 0 Å². The maximum atomic E-state index is 3.08. The van der Waals surface area contributed by atoms with E-state index in [1.54, 1.807) is 11.1 Å². The molecule has 1 heteroatoms. The van der Waals surface area contributed by atoms with Crippen molar-refractivity contribution in [2.24, 2.45) is 0 Å². The fourth-order valence-corrected chi connectivity index (χ4v) is 5.41. The van der Waals surface area contributed by atoms with Crippen LogP contribution in [0.4, 0.5) is 0 Å². The van der Waals surface area contributed by atoms with Gasteiger partial charge in [0, 0.05) is 5.41 Å². The summed E-state index contributed by atoms with van der Waals surface area (Å²) >= 11 is 0. The molecule has 0 N–H and O–H groups in total. The van der Waals surface area contributed by atoms with Crippen LogP contribution in [0.2, 0.25) is 0 Å². The molecule has 1 aliphatic carbocycles. The van der Waals surface area contributed by atoms with Gasteiger partial charge in [-0.2, -0.15) is 0 Å². The van der Waals surface area contributed by atoms with Crippen molar-refractivity contribution in [3.05, 3.63) is 69.8 Å². The van der Waals surface area contributed by atoms with Crippen LogP contribution in [0.25, 0.3) is 0 Å². The van der Waals surface area contributed by atoms with E-state index in [-0.39, 0.29) is 0 Å². The third kappa shape index (κ3) is 3.50. The molecular weight excluding hydrogens is 331 g/mol. The van der Waals surface area contributed by atoms with Gasteiger partial charge in [-0.3, -0.25) is 0 Å². The number of benzene rings is 2. The summed E-state index contributed by atoms with van der Waals surface area (Å²) in [5, 5.41) is 0. The molecular formula is C25H35P. The van der Waals surface area contributed by atoms with Crippen molar-refractivity contribution in [2.75, 3.05) is 6.16 Å². The first-order valence-electron chi connectivity index (χ1n) is 10.6. The van der Waals surface area contributed by atoms with Crippen LogP contribution in [0, 0.1) is 0 Å². The first-order valence-corrected chi connectivity index (χ1v) is 11.4. The highest BCUT2D eigenvalue weighted by molar-refractivity contribution is 7.16. The lowest BCUT2D eigenvalue weighted by atomic mass is 9.55. The van der Waals surface area contributed by atoms with Crippen molar-refractivity contribution in [1.82, 2.24) is 0 Å². The number of aryl methyl sites for hydroxylation is 4. The summed E-state index contributed by atoms with van der Waals surface area (Å²) in [6, 6.07) is 14.8. The second kappa shape index (κ2) is 8.26. The average molecular weight is 367 g/mol. The van der Waals surface area contributed by atoms with Gasteiger partial charge in [0.15, 0.2) is 0 Å². The number of rotatable bonds is 7. The summed E-state index contributed by atoms with van der Waals surface area (Å²) in [5.41, 5.74) is 9.46. The van der Waals surface area contributed by atoms with Crippen LogP contribution >= 0.6 is 9.24 Å². The average Bonchev–Trinajstić information content (AvgIpc) is 2.67. The van der Waals surface area contributed by atoms with Gasteiger partial charge in [-0.25, -0.2) is 0 Å². The molecule has 2 aromatic rings. The first kappa shape index (κ1) is 19.6. The molecule has 0 heterocycles. The largest absolute Gasteiger partial charge is 0.137 e. The molecule has 0 nitrogen and oxygen atoms in total. The Bertz CT molecular complexity index is 712. The smallest absolute Gasteiger partial charge is 0.00564 e. The third-order valence-corrected chi connectivity index (χ3v) is 7.38. The van der Waals surface area contributed by atoms with E-state index in [0.717, 1.165) is 31.8 Å². The molecule has 3 atom stereocenters. The fraction of sp³-hybridized carbons (Fsp3) is 0.520. The summed E-state index contributed by atoms with van der Waals surface area (Å²) < 4.78 is 0. The Hall–Kier alpha value is -1.13. The minimum absolute atomic E-state index is 0.303.